The van der Waals surface area contributed by atoms with Gasteiger partial charge < -0.3 is 9.67 Å². The van der Waals surface area contributed by atoms with Crippen molar-refractivity contribution >= 4 is 55.6 Å². The molecule has 0 aliphatic heterocycles. The van der Waals surface area contributed by atoms with Crippen LogP contribution in [-0.4, -0.2) is 36.5 Å². The van der Waals surface area contributed by atoms with Gasteiger partial charge in [-0.2, -0.15) is 0 Å². The molecule has 0 radical (unpaired) electrons. The molecule has 6 nitrogen and oxygen atoms in total. The minimum atomic E-state index is -3.56. The molecule has 0 bridgehead atoms. The number of hydrogen-bond acceptors (Lipinski definition) is 5. The Morgan fingerprint density at radius 2 is 1.79 bits per heavy atom. The molecule has 28 heavy (non-hydrogen) atoms. The lowest BCUT2D eigenvalue weighted by atomic mass is 10.2. The highest BCUT2D eigenvalue weighted by atomic mass is 79.9. The van der Waals surface area contributed by atoms with Crippen molar-refractivity contribution in [1.82, 2.24) is 8.87 Å². The molecule has 0 spiro atoms. The summed E-state index contributed by atoms with van der Waals surface area (Å²) in [7, 11) is 1.26. The molecular weight excluding hydrogens is 486 g/mol. The lowest BCUT2D eigenvalue weighted by Gasteiger charge is -2.13. The van der Waals surface area contributed by atoms with Crippen LogP contribution in [0.4, 0.5) is 5.69 Å². The zero-order chi connectivity index (χ0) is 19.8. The predicted molar refractivity (Wildman–Crippen MR) is 118 cm³/mol. The summed E-state index contributed by atoms with van der Waals surface area (Å²) in [5.41, 5.74) is 2.08. The van der Waals surface area contributed by atoms with Crippen LogP contribution in [0.25, 0.3) is 11.3 Å². The Balaban J connectivity index is 0.00000280. The molecule has 1 N–H and O–H groups in total. The molecule has 0 aliphatic rings. The lowest BCUT2D eigenvalue weighted by molar-refractivity contribution is 0.475. The van der Waals surface area contributed by atoms with Crippen molar-refractivity contribution in [2.75, 3.05) is 14.1 Å². The number of sulfonamides is 1. The van der Waals surface area contributed by atoms with Gasteiger partial charge in [-0.25, -0.2) is 17.7 Å². The van der Waals surface area contributed by atoms with E-state index in [0.29, 0.717) is 21.1 Å². The SMILES string of the molecule is Br.CN(C)S(=O)(=O)c1ccc(Cl)c(-c2cs/c(=N/c3ccc(O)cc3)n2C)c1. The van der Waals surface area contributed by atoms with Gasteiger partial charge in [0, 0.05) is 37.1 Å². The van der Waals surface area contributed by atoms with Crippen molar-refractivity contribution in [2.24, 2.45) is 12.0 Å². The van der Waals surface area contributed by atoms with Crippen LogP contribution >= 0.6 is 39.9 Å². The monoisotopic (exact) mass is 503 g/mol. The molecule has 150 valence electrons. The van der Waals surface area contributed by atoms with Gasteiger partial charge in [-0.3, -0.25) is 0 Å². The van der Waals surface area contributed by atoms with Crippen molar-refractivity contribution in [3.8, 4) is 17.0 Å². The Bertz CT molecular complexity index is 1150. The van der Waals surface area contributed by atoms with Crippen molar-refractivity contribution in [1.29, 1.82) is 0 Å². The number of nitrogens with zero attached hydrogens (tertiary/aromatic N) is 3. The fourth-order valence-electron chi connectivity index (χ4n) is 2.42. The number of rotatable bonds is 4. The van der Waals surface area contributed by atoms with Crippen molar-refractivity contribution in [3.63, 3.8) is 0 Å². The van der Waals surface area contributed by atoms with Gasteiger partial charge in [0.25, 0.3) is 0 Å². The molecule has 0 saturated carbocycles. The van der Waals surface area contributed by atoms with Gasteiger partial charge in [0.2, 0.25) is 10.0 Å². The van der Waals surface area contributed by atoms with Gasteiger partial charge in [-0.05, 0) is 42.5 Å². The van der Waals surface area contributed by atoms with Gasteiger partial charge in [0.15, 0.2) is 4.80 Å². The molecule has 0 atom stereocenters. The number of phenolic OH excluding ortho intramolecular Hbond substituents is 1. The Morgan fingerprint density at radius 1 is 1.14 bits per heavy atom. The zero-order valence-electron chi connectivity index (χ0n) is 15.3. The van der Waals surface area contributed by atoms with E-state index in [1.165, 1.54) is 35.8 Å². The third-order valence-electron chi connectivity index (χ3n) is 3.99. The van der Waals surface area contributed by atoms with Crippen LogP contribution in [0.2, 0.25) is 5.02 Å². The molecule has 10 heteroatoms. The van der Waals surface area contributed by atoms with E-state index >= 15 is 0 Å². The summed E-state index contributed by atoms with van der Waals surface area (Å²) in [6, 6.07) is 11.2. The van der Waals surface area contributed by atoms with E-state index in [1.54, 1.807) is 36.4 Å². The van der Waals surface area contributed by atoms with Gasteiger partial charge >= 0.3 is 0 Å². The summed E-state index contributed by atoms with van der Waals surface area (Å²) < 4.78 is 27.9. The summed E-state index contributed by atoms with van der Waals surface area (Å²) >= 11 is 7.76. The second-order valence-corrected chi connectivity index (χ2v) is 9.42. The third-order valence-corrected chi connectivity index (χ3v) is 7.05. The fourth-order valence-corrected chi connectivity index (χ4v) is 4.48. The van der Waals surface area contributed by atoms with Crippen LogP contribution < -0.4 is 4.80 Å². The quantitative estimate of drug-likeness (QED) is 0.579. The highest BCUT2D eigenvalue weighted by Gasteiger charge is 2.20. The molecule has 1 aromatic heterocycles. The standard InChI is InChI=1S/C18H18ClN3O3S2.BrH/c1-21(2)27(24,25)14-8-9-16(19)15(10-14)17-11-26-18(22(17)3)20-12-4-6-13(23)7-5-12;/h4-11,23H,1-3H3;1H/b20-18+;. The van der Waals surface area contributed by atoms with Gasteiger partial charge in [-0.15, -0.1) is 28.3 Å². The Kier molecular flexibility index (Phi) is 7.11. The number of hydrogen-bond donors (Lipinski definition) is 1. The smallest absolute Gasteiger partial charge is 0.242 e. The molecule has 3 aromatic rings. The maximum Gasteiger partial charge on any atom is 0.242 e. The third kappa shape index (κ3) is 4.49. The number of phenols is 1. The highest BCUT2D eigenvalue weighted by molar-refractivity contribution is 8.93. The first-order valence-corrected chi connectivity index (χ1v) is 10.6. The molecule has 3 rings (SSSR count). The average Bonchev–Trinajstić information content (AvgIpc) is 2.97. The van der Waals surface area contributed by atoms with Crippen LogP contribution in [0.15, 0.2) is 57.7 Å². The largest absolute Gasteiger partial charge is 0.508 e. The summed E-state index contributed by atoms with van der Waals surface area (Å²) in [5, 5.41) is 11.7. The van der Waals surface area contributed by atoms with E-state index < -0.39 is 10.0 Å². The Labute approximate surface area is 183 Å². The summed E-state index contributed by atoms with van der Waals surface area (Å²) in [6.07, 6.45) is 0. The fraction of sp³-hybridized carbons (Fsp3) is 0.167. The van der Waals surface area contributed by atoms with E-state index in [-0.39, 0.29) is 27.6 Å². The molecule has 1 heterocycles. The molecule has 0 saturated heterocycles. The van der Waals surface area contributed by atoms with E-state index in [4.69, 9.17) is 11.6 Å². The van der Waals surface area contributed by atoms with Gasteiger partial charge in [-0.1, -0.05) is 11.6 Å². The van der Waals surface area contributed by atoms with Crippen LogP contribution in [0.5, 0.6) is 5.75 Å². The van der Waals surface area contributed by atoms with Gasteiger partial charge in [0.1, 0.15) is 5.75 Å². The van der Waals surface area contributed by atoms with Crippen molar-refractivity contribution in [2.45, 2.75) is 4.90 Å². The number of halogens is 2. The first-order chi connectivity index (χ1) is 12.7. The Morgan fingerprint density at radius 3 is 2.39 bits per heavy atom. The molecule has 2 aromatic carbocycles. The topological polar surface area (TPSA) is 74.9 Å². The Hall–Kier alpha value is -1.65. The second kappa shape index (κ2) is 8.79. The van der Waals surface area contributed by atoms with E-state index in [2.05, 4.69) is 4.99 Å². The predicted octanol–water partition coefficient (Wildman–Crippen LogP) is 4.17. The molecule has 0 fully saturated rings. The van der Waals surface area contributed by atoms with Gasteiger partial charge in [0.05, 0.1) is 16.3 Å². The minimum Gasteiger partial charge on any atom is -0.508 e. The molecular formula is C18H19BrClN3O3S2. The van der Waals surface area contributed by atoms with Crippen LogP contribution in [0.3, 0.4) is 0 Å². The van der Waals surface area contributed by atoms with Crippen LogP contribution in [0, 0.1) is 0 Å². The summed E-state index contributed by atoms with van der Waals surface area (Å²) in [4.78, 5) is 5.45. The number of thiazole rings is 1. The van der Waals surface area contributed by atoms with E-state index in [1.807, 2.05) is 17.0 Å². The first kappa shape index (κ1) is 22.6. The summed E-state index contributed by atoms with van der Waals surface area (Å²) in [5.74, 6) is 0.177. The molecule has 0 amide bonds. The van der Waals surface area contributed by atoms with E-state index in [0.717, 1.165) is 5.69 Å². The number of benzene rings is 2. The summed E-state index contributed by atoms with van der Waals surface area (Å²) in [6.45, 7) is 0. The zero-order valence-corrected chi connectivity index (χ0v) is 19.4. The molecule has 0 unspecified atom stereocenters. The number of aromatic hydroxyl groups is 1. The lowest BCUT2D eigenvalue weighted by Crippen LogP contribution is -2.22. The van der Waals surface area contributed by atoms with E-state index in [9.17, 15) is 13.5 Å². The minimum absolute atomic E-state index is 0. The van der Waals surface area contributed by atoms with Crippen LogP contribution in [0.1, 0.15) is 0 Å². The average molecular weight is 505 g/mol. The molecule has 0 aliphatic carbocycles. The maximum absolute atomic E-state index is 12.4. The number of aromatic nitrogens is 1. The van der Waals surface area contributed by atoms with Crippen molar-refractivity contribution < 1.29 is 13.5 Å². The first-order valence-electron chi connectivity index (χ1n) is 7.91. The van der Waals surface area contributed by atoms with Crippen LogP contribution in [-0.2, 0) is 17.1 Å². The maximum atomic E-state index is 12.4. The normalized spacial score (nSPS) is 12.2. The highest BCUT2D eigenvalue weighted by Crippen LogP contribution is 2.31. The van der Waals surface area contributed by atoms with Crippen molar-refractivity contribution in [3.05, 3.63) is 57.7 Å². The second-order valence-electron chi connectivity index (χ2n) is 6.02.